The van der Waals surface area contributed by atoms with Crippen LogP contribution in [0.5, 0.6) is 11.5 Å². The molecule has 0 aliphatic rings. The molecule has 0 radical (unpaired) electrons. The first-order valence-corrected chi connectivity index (χ1v) is 12.5. The normalized spacial score (nSPS) is 10.6. The number of nitrogens with one attached hydrogen (secondary N) is 1. The van der Waals surface area contributed by atoms with Crippen LogP contribution < -0.4 is 14.8 Å². The van der Waals surface area contributed by atoms with Crippen molar-refractivity contribution in [2.75, 3.05) is 32.4 Å². The first kappa shape index (κ1) is 26.2. The number of carbonyl (C=O) groups excluding carboxylic acids is 2. The lowest BCUT2D eigenvalue weighted by Gasteiger charge is -2.14. The van der Waals surface area contributed by atoms with Gasteiger partial charge >= 0.3 is 5.97 Å². The number of hydrogen-bond acceptors (Lipinski definition) is 8. The minimum atomic E-state index is -0.608. The zero-order valence-corrected chi connectivity index (χ0v) is 22.0. The molecule has 180 valence electrons. The number of ether oxygens (including phenoxy) is 3. The van der Waals surface area contributed by atoms with Gasteiger partial charge in [0.15, 0.2) is 15.8 Å². The molecule has 0 saturated heterocycles. The number of aryl methyl sites for hydroxylation is 1. The topological polar surface area (TPSA) is 86.8 Å². The van der Waals surface area contributed by atoms with Crippen molar-refractivity contribution in [1.82, 2.24) is 4.98 Å². The summed E-state index contributed by atoms with van der Waals surface area (Å²) in [6.45, 7) is 1.92. The van der Waals surface area contributed by atoms with E-state index >= 15 is 0 Å². The van der Waals surface area contributed by atoms with Gasteiger partial charge in [-0.1, -0.05) is 35.0 Å². The van der Waals surface area contributed by atoms with Gasteiger partial charge in [0.2, 0.25) is 5.91 Å². The SMILES string of the molecule is COC(=O)c1cc(OC)c(OC)cc1NC(=O)CSc1nc(C)c(Cc2cc(Cl)ccc2Cl)s1. The number of thioether (sulfide) groups is 1. The first-order valence-electron chi connectivity index (χ1n) is 9.92. The molecule has 3 rings (SSSR count). The summed E-state index contributed by atoms with van der Waals surface area (Å²) in [5, 5.41) is 4.01. The molecule has 0 spiro atoms. The summed E-state index contributed by atoms with van der Waals surface area (Å²) >= 11 is 15.2. The van der Waals surface area contributed by atoms with Gasteiger partial charge in [0.1, 0.15) is 0 Å². The maximum atomic E-state index is 12.7. The number of rotatable bonds is 9. The molecule has 2 aromatic carbocycles. The fraction of sp³-hybridized carbons (Fsp3) is 0.261. The van der Waals surface area contributed by atoms with Crippen molar-refractivity contribution in [2.24, 2.45) is 0 Å². The highest BCUT2D eigenvalue weighted by Gasteiger charge is 2.20. The highest BCUT2D eigenvalue weighted by molar-refractivity contribution is 8.01. The lowest BCUT2D eigenvalue weighted by Crippen LogP contribution is -2.17. The van der Waals surface area contributed by atoms with E-state index in [9.17, 15) is 9.59 Å². The maximum Gasteiger partial charge on any atom is 0.340 e. The van der Waals surface area contributed by atoms with E-state index in [1.807, 2.05) is 13.0 Å². The highest BCUT2D eigenvalue weighted by Crippen LogP contribution is 2.35. The van der Waals surface area contributed by atoms with E-state index in [4.69, 9.17) is 37.4 Å². The van der Waals surface area contributed by atoms with Crippen molar-refractivity contribution in [2.45, 2.75) is 17.7 Å². The maximum absolute atomic E-state index is 12.7. The first-order chi connectivity index (χ1) is 16.2. The second-order valence-corrected chi connectivity index (χ2v) is 10.1. The standard InChI is InChI=1S/C23H22Cl2N2O5S2/c1-12-20(8-13-7-14(24)5-6-16(13)25)34-23(26-12)33-11-21(28)27-17-10-19(31-3)18(30-2)9-15(17)22(29)32-4/h5-7,9-10H,8,11H2,1-4H3,(H,27,28). The van der Waals surface area contributed by atoms with E-state index in [0.29, 0.717) is 28.0 Å². The predicted octanol–water partition coefficient (Wildman–Crippen LogP) is 5.88. The average molecular weight is 541 g/mol. The number of carbonyl (C=O) groups is 2. The van der Waals surface area contributed by atoms with Crippen molar-refractivity contribution in [3.05, 3.63) is 62.1 Å². The molecular weight excluding hydrogens is 519 g/mol. The molecule has 0 atom stereocenters. The van der Waals surface area contributed by atoms with E-state index in [1.165, 1.54) is 56.6 Å². The minimum Gasteiger partial charge on any atom is -0.493 e. The van der Waals surface area contributed by atoms with Crippen LogP contribution in [0.4, 0.5) is 5.69 Å². The number of halogens is 2. The number of nitrogens with zero attached hydrogens (tertiary/aromatic N) is 1. The van der Waals surface area contributed by atoms with Crippen LogP contribution >= 0.6 is 46.3 Å². The van der Waals surface area contributed by atoms with Gasteiger partial charge in [-0.3, -0.25) is 4.79 Å². The molecule has 3 aromatic rings. The Morgan fingerprint density at radius 1 is 1.09 bits per heavy atom. The second-order valence-electron chi connectivity index (χ2n) is 6.98. The van der Waals surface area contributed by atoms with Crippen molar-refractivity contribution in [3.63, 3.8) is 0 Å². The number of hydrogen-bond donors (Lipinski definition) is 1. The Balaban J connectivity index is 1.70. The Morgan fingerprint density at radius 2 is 1.79 bits per heavy atom. The fourth-order valence-corrected chi connectivity index (χ4v) is 5.49. The quantitative estimate of drug-likeness (QED) is 0.267. The van der Waals surface area contributed by atoms with Gasteiger partial charge in [-0.2, -0.15) is 0 Å². The lowest BCUT2D eigenvalue weighted by atomic mass is 10.1. The van der Waals surface area contributed by atoms with Crippen LogP contribution in [0.3, 0.4) is 0 Å². The number of methoxy groups -OCH3 is 3. The van der Waals surface area contributed by atoms with E-state index in [0.717, 1.165) is 20.5 Å². The van der Waals surface area contributed by atoms with Gasteiger partial charge < -0.3 is 19.5 Å². The third-order valence-corrected chi connectivity index (χ3v) is 7.67. The summed E-state index contributed by atoms with van der Waals surface area (Å²) in [6, 6.07) is 8.34. The molecule has 1 heterocycles. The van der Waals surface area contributed by atoms with Gasteiger partial charge in [-0.15, -0.1) is 11.3 Å². The van der Waals surface area contributed by atoms with Crippen LogP contribution in [-0.4, -0.2) is 43.9 Å². The van der Waals surface area contributed by atoms with Gasteiger partial charge in [0, 0.05) is 33.5 Å². The summed E-state index contributed by atoms with van der Waals surface area (Å²) in [7, 11) is 4.19. The summed E-state index contributed by atoms with van der Waals surface area (Å²) in [6.07, 6.45) is 0.601. The van der Waals surface area contributed by atoms with Crippen LogP contribution in [0.25, 0.3) is 0 Å². The number of benzene rings is 2. The largest absolute Gasteiger partial charge is 0.493 e. The molecule has 0 bridgehead atoms. The summed E-state index contributed by atoms with van der Waals surface area (Å²) < 4.78 is 16.1. The molecule has 0 aliphatic carbocycles. The van der Waals surface area contributed by atoms with E-state index in [2.05, 4.69) is 10.3 Å². The molecule has 1 aromatic heterocycles. The third-order valence-electron chi connectivity index (χ3n) is 4.76. The van der Waals surface area contributed by atoms with Crippen molar-refractivity contribution in [1.29, 1.82) is 0 Å². The summed E-state index contributed by atoms with van der Waals surface area (Å²) in [5.74, 6) is -0.100. The monoisotopic (exact) mass is 540 g/mol. The van der Waals surface area contributed by atoms with Crippen LogP contribution in [-0.2, 0) is 16.0 Å². The van der Waals surface area contributed by atoms with Gasteiger partial charge in [0.25, 0.3) is 0 Å². The summed E-state index contributed by atoms with van der Waals surface area (Å²) in [4.78, 5) is 30.5. The Hall–Kier alpha value is -2.46. The molecule has 0 aliphatic heterocycles. The number of thiazole rings is 1. The highest BCUT2D eigenvalue weighted by atomic mass is 35.5. The number of aromatic nitrogens is 1. The Morgan fingerprint density at radius 3 is 2.47 bits per heavy atom. The smallest absolute Gasteiger partial charge is 0.340 e. The fourth-order valence-electron chi connectivity index (χ4n) is 3.05. The number of anilines is 1. The molecule has 34 heavy (non-hydrogen) atoms. The number of amides is 1. The summed E-state index contributed by atoms with van der Waals surface area (Å²) in [5.41, 5.74) is 2.21. The third kappa shape index (κ3) is 6.35. The Bertz CT molecular complexity index is 1220. The minimum absolute atomic E-state index is 0.0965. The van der Waals surface area contributed by atoms with Crippen LogP contribution in [0.2, 0.25) is 10.0 Å². The lowest BCUT2D eigenvalue weighted by molar-refractivity contribution is -0.113. The molecule has 11 heteroatoms. The van der Waals surface area contributed by atoms with E-state index < -0.39 is 5.97 Å². The van der Waals surface area contributed by atoms with Crippen molar-refractivity contribution in [3.8, 4) is 11.5 Å². The van der Waals surface area contributed by atoms with Crippen molar-refractivity contribution >= 4 is 63.9 Å². The van der Waals surface area contributed by atoms with Gasteiger partial charge in [-0.05, 0) is 30.7 Å². The molecule has 0 unspecified atom stereocenters. The van der Waals surface area contributed by atoms with Crippen molar-refractivity contribution < 1.29 is 23.8 Å². The van der Waals surface area contributed by atoms with Crippen LogP contribution in [0.1, 0.15) is 26.5 Å². The van der Waals surface area contributed by atoms with E-state index in [-0.39, 0.29) is 22.9 Å². The van der Waals surface area contributed by atoms with E-state index in [1.54, 1.807) is 12.1 Å². The zero-order valence-electron chi connectivity index (χ0n) is 18.9. The Kier molecular flexibility index (Phi) is 9.07. The van der Waals surface area contributed by atoms with Crippen LogP contribution in [0, 0.1) is 6.92 Å². The predicted molar refractivity (Wildman–Crippen MR) is 136 cm³/mol. The molecule has 7 nitrogen and oxygen atoms in total. The van der Waals surface area contributed by atoms with Gasteiger partial charge in [-0.25, -0.2) is 9.78 Å². The average Bonchev–Trinajstić information content (AvgIpc) is 3.18. The molecule has 1 N–H and O–H groups in total. The van der Waals surface area contributed by atoms with Crippen LogP contribution in [0.15, 0.2) is 34.7 Å². The van der Waals surface area contributed by atoms with Gasteiger partial charge in [0.05, 0.1) is 44.0 Å². The number of esters is 1. The second kappa shape index (κ2) is 11.8. The molecule has 1 amide bonds. The molecular formula is C23H22Cl2N2O5S2. The zero-order chi connectivity index (χ0) is 24.8. The molecule has 0 fully saturated rings. The Labute approximate surface area is 215 Å². The molecule has 0 saturated carbocycles.